The van der Waals surface area contributed by atoms with Crippen LogP contribution in [0.4, 0.5) is 0 Å². The third-order valence-electron chi connectivity index (χ3n) is 4.16. The van der Waals surface area contributed by atoms with Crippen LogP contribution in [0.3, 0.4) is 0 Å². The number of nitrogens with zero attached hydrogens (tertiary/aromatic N) is 3. The van der Waals surface area contributed by atoms with Crippen LogP contribution < -0.4 is 10.6 Å². The summed E-state index contributed by atoms with van der Waals surface area (Å²) >= 11 is 0. The van der Waals surface area contributed by atoms with Crippen molar-refractivity contribution in [1.29, 1.82) is 0 Å². The van der Waals surface area contributed by atoms with Crippen LogP contribution in [0.15, 0.2) is 42.7 Å². The van der Waals surface area contributed by atoms with E-state index in [-0.39, 0.29) is 17.9 Å². The fourth-order valence-electron chi connectivity index (χ4n) is 2.89. The molecule has 1 aliphatic heterocycles. The molecule has 1 aromatic carbocycles. The molecule has 2 heterocycles. The second kappa shape index (κ2) is 7.27. The highest BCUT2D eigenvalue weighted by Gasteiger charge is 2.28. The van der Waals surface area contributed by atoms with E-state index in [0.717, 1.165) is 5.56 Å². The van der Waals surface area contributed by atoms with Crippen LogP contribution in [-0.4, -0.2) is 59.2 Å². The van der Waals surface area contributed by atoms with Gasteiger partial charge in [-0.25, -0.2) is 0 Å². The van der Waals surface area contributed by atoms with Crippen LogP contribution in [0, 0.1) is 0 Å². The van der Waals surface area contributed by atoms with Crippen LogP contribution >= 0.6 is 0 Å². The molecule has 7 nitrogen and oxygen atoms in total. The van der Waals surface area contributed by atoms with Crippen LogP contribution in [0.2, 0.25) is 0 Å². The molecule has 1 atom stereocenters. The molecule has 24 heavy (non-hydrogen) atoms. The van der Waals surface area contributed by atoms with E-state index in [2.05, 4.69) is 15.7 Å². The zero-order chi connectivity index (χ0) is 16.9. The van der Waals surface area contributed by atoms with Gasteiger partial charge in [0.15, 0.2) is 0 Å². The molecular weight excluding hydrogens is 306 g/mol. The van der Waals surface area contributed by atoms with Gasteiger partial charge in [0.2, 0.25) is 5.91 Å². The van der Waals surface area contributed by atoms with Crippen molar-refractivity contribution in [2.75, 3.05) is 26.7 Å². The molecule has 2 aromatic rings. The van der Waals surface area contributed by atoms with Gasteiger partial charge in [-0.1, -0.05) is 18.2 Å². The number of hydrogen-bond acceptors (Lipinski definition) is 4. The van der Waals surface area contributed by atoms with Gasteiger partial charge < -0.3 is 15.5 Å². The first kappa shape index (κ1) is 16.2. The number of rotatable bonds is 4. The summed E-state index contributed by atoms with van der Waals surface area (Å²) in [5.74, 6) is -0.148. The van der Waals surface area contributed by atoms with Crippen molar-refractivity contribution in [1.82, 2.24) is 25.3 Å². The molecule has 1 aliphatic rings. The molecule has 1 fully saturated rings. The van der Waals surface area contributed by atoms with Crippen molar-refractivity contribution < 1.29 is 9.59 Å². The third-order valence-corrected chi connectivity index (χ3v) is 4.16. The summed E-state index contributed by atoms with van der Waals surface area (Å²) < 4.78 is 1.79. The lowest BCUT2D eigenvalue weighted by Gasteiger charge is -2.33. The minimum absolute atomic E-state index is 0.0480. The quantitative estimate of drug-likeness (QED) is 0.834. The fraction of sp³-hybridized carbons (Fsp3) is 0.353. The van der Waals surface area contributed by atoms with Crippen LogP contribution in [0.1, 0.15) is 15.9 Å². The van der Waals surface area contributed by atoms with Gasteiger partial charge in [0, 0.05) is 44.6 Å². The Labute approximate surface area is 140 Å². The Balaban J connectivity index is 1.78. The molecule has 1 saturated heterocycles. The van der Waals surface area contributed by atoms with Crippen LogP contribution in [0.5, 0.6) is 0 Å². The lowest BCUT2D eigenvalue weighted by atomic mass is 10.0. The Morgan fingerprint density at radius 2 is 2.17 bits per heavy atom. The van der Waals surface area contributed by atoms with Gasteiger partial charge in [0.25, 0.3) is 5.91 Å². The first-order valence-electron chi connectivity index (χ1n) is 7.98. The van der Waals surface area contributed by atoms with Gasteiger partial charge in [-0.15, -0.1) is 0 Å². The maximum atomic E-state index is 12.9. The van der Waals surface area contributed by atoms with E-state index in [9.17, 15) is 9.59 Å². The number of nitrogens with one attached hydrogen (secondary N) is 2. The summed E-state index contributed by atoms with van der Waals surface area (Å²) in [5.41, 5.74) is 1.58. The second-order valence-corrected chi connectivity index (χ2v) is 5.73. The molecule has 0 spiro atoms. The molecule has 0 aliphatic carbocycles. The summed E-state index contributed by atoms with van der Waals surface area (Å²) in [7, 11) is 1.60. The normalized spacial score (nSPS) is 17.5. The zero-order valence-electron chi connectivity index (χ0n) is 13.6. The van der Waals surface area contributed by atoms with E-state index < -0.39 is 0 Å². The van der Waals surface area contributed by atoms with Crippen molar-refractivity contribution in [3.8, 4) is 0 Å². The Morgan fingerprint density at radius 1 is 1.33 bits per heavy atom. The summed E-state index contributed by atoms with van der Waals surface area (Å²) in [6.07, 6.45) is 3.59. The number of carbonyl (C=O) groups is 2. The lowest BCUT2D eigenvalue weighted by molar-refractivity contribution is -0.123. The highest BCUT2D eigenvalue weighted by molar-refractivity contribution is 5.96. The van der Waals surface area contributed by atoms with E-state index in [1.54, 1.807) is 22.8 Å². The van der Waals surface area contributed by atoms with Gasteiger partial charge in [-0.3, -0.25) is 14.3 Å². The van der Waals surface area contributed by atoms with Gasteiger partial charge >= 0.3 is 0 Å². The Kier molecular flexibility index (Phi) is 4.90. The lowest BCUT2D eigenvalue weighted by Crippen LogP contribution is -2.58. The molecule has 3 rings (SSSR count). The first-order valence-corrected chi connectivity index (χ1v) is 7.98. The van der Waals surface area contributed by atoms with Gasteiger partial charge in [0.1, 0.15) is 6.04 Å². The SMILES string of the molecule is CNC(=O)C1CN(C(=O)c2ccccc2Cn2cccn2)CCN1. The number of piperazine rings is 1. The molecule has 0 radical (unpaired) electrons. The van der Waals surface area contributed by atoms with Gasteiger partial charge in [0.05, 0.1) is 6.54 Å². The summed E-state index contributed by atoms with van der Waals surface area (Å²) in [5, 5.41) is 9.96. The van der Waals surface area contributed by atoms with Crippen LogP contribution in [0.25, 0.3) is 0 Å². The topological polar surface area (TPSA) is 79.3 Å². The van der Waals surface area contributed by atoms with E-state index in [1.165, 1.54) is 0 Å². The number of hydrogen-bond donors (Lipinski definition) is 2. The Hall–Kier alpha value is -2.67. The molecule has 1 unspecified atom stereocenters. The third kappa shape index (κ3) is 3.46. The summed E-state index contributed by atoms with van der Waals surface area (Å²) in [4.78, 5) is 26.5. The monoisotopic (exact) mass is 327 g/mol. The highest BCUT2D eigenvalue weighted by atomic mass is 16.2. The molecule has 7 heteroatoms. The van der Waals surface area contributed by atoms with Gasteiger partial charge in [-0.2, -0.15) is 5.10 Å². The predicted octanol–water partition coefficient (Wildman–Crippen LogP) is 0.0914. The van der Waals surface area contributed by atoms with Crippen LogP contribution in [-0.2, 0) is 11.3 Å². The maximum Gasteiger partial charge on any atom is 0.254 e. The largest absolute Gasteiger partial charge is 0.358 e. The van der Waals surface area contributed by atoms with Crippen molar-refractivity contribution in [3.05, 3.63) is 53.9 Å². The number of likely N-dealkylation sites (N-methyl/N-ethyl adjacent to an activating group) is 1. The minimum atomic E-state index is -0.369. The zero-order valence-corrected chi connectivity index (χ0v) is 13.6. The smallest absolute Gasteiger partial charge is 0.254 e. The molecule has 1 aromatic heterocycles. The Bertz CT molecular complexity index is 714. The maximum absolute atomic E-state index is 12.9. The summed E-state index contributed by atoms with van der Waals surface area (Å²) in [6.45, 7) is 2.10. The molecule has 0 saturated carbocycles. The highest BCUT2D eigenvalue weighted by Crippen LogP contribution is 2.15. The van der Waals surface area contributed by atoms with E-state index in [1.807, 2.05) is 36.5 Å². The Morgan fingerprint density at radius 3 is 2.92 bits per heavy atom. The van der Waals surface area contributed by atoms with Crippen molar-refractivity contribution >= 4 is 11.8 Å². The number of amides is 2. The second-order valence-electron chi connectivity index (χ2n) is 5.73. The standard InChI is InChI=1S/C17H21N5O2/c1-18-16(23)15-12-21(10-8-19-15)17(24)14-6-3-2-5-13(14)11-22-9-4-7-20-22/h2-7,9,15,19H,8,10-12H2,1H3,(H,18,23). The minimum Gasteiger partial charge on any atom is -0.358 e. The average Bonchev–Trinajstić information content (AvgIpc) is 3.14. The van der Waals surface area contributed by atoms with Crippen molar-refractivity contribution in [2.24, 2.45) is 0 Å². The predicted molar refractivity (Wildman–Crippen MR) is 89.5 cm³/mol. The molecular formula is C17H21N5O2. The summed E-state index contributed by atoms with van der Waals surface area (Å²) in [6, 6.07) is 9.03. The number of aromatic nitrogens is 2. The average molecular weight is 327 g/mol. The van der Waals surface area contributed by atoms with E-state index >= 15 is 0 Å². The molecule has 2 N–H and O–H groups in total. The molecule has 126 valence electrons. The molecule has 0 bridgehead atoms. The van der Waals surface area contributed by atoms with E-state index in [4.69, 9.17) is 0 Å². The number of benzene rings is 1. The van der Waals surface area contributed by atoms with E-state index in [0.29, 0.717) is 31.7 Å². The van der Waals surface area contributed by atoms with Crippen molar-refractivity contribution in [2.45, 2.75) is 12.6 Å². The number of carbonyl (C=O) groups excluding carboxylic acids is 2. The first-order chi connectivity index (χ1) is 11.7. The molecule has 2 amide bonds. The fourth-order valence-corrected chi connectivity index (χ4v) is 2.89. The van der Waals surface area contributed by atoms with Crippen molar-refractivity contribution in [3.63, 3.8) is 0 Å². The van der Waals surface area contributed by atoms with Gasteiger partial charge in [-0.05, 0) is 17.7 Å².